The lowest BCUT2D eigenvalue weighted by molar-refractivity contribution is -0.120. The Bertz CT molecular complexity index is 1490. The molecule has 4 aromatic carbocycles. The molecule has 0 aliphatic carbocycles. The number of carbonyl (C=O) groups is 1. The van der Waals surface area contributed by atoms with Crippen molar-refractivity contribution in [1.82, 2.24) is 5.32 Å². The third-order valence-electron chi connectivity index (χ3n) is 6.22. The van der Waals surface area contributed by atoms with E-state index in [0.717, 1.165) is 25.9 Å². The highest BCUT2D eigenvalue weighted by Crippen LogP contribution is 2.33. The van der Waals surface area contributed by atoms with Crippen molar-refractivity contribution in [1.29, 1.82) is 0 Å². The van der Waals surface area contributed by atoms with E-state index in [-0.39, 0.29) is 4.90 Å². The summed E-state index contributed by atoms with van der Waals surface area (Å²) in [6.45, 7) is 3.76. The first-order valence-corrected chi connectivity index (χ1v) is 15.3. The molecule has 1 amide bonds. The quantitative estimate of drug-likeness (QED) is 0.221. The summed E-state index contributed by atoms with van der Waals surface area (Å²) in [7, 11) is -4.10. The summed E-state index contributed by atoms with van der Waals surface area (Å²) in [6.07, 6.45) is 1.93. The number of amides is 1. The summed E-state index contributed by atoms with van der Waals surface area (Å²) in [5.41, 5.74) is 3.20. The number of nitrogens with zero attached hydrogens (tertiary/aromatic N) is 1. The number of para-hydroxylation sites is 2. The van der Waals surface area contributed by atoms with E-state index in [4.69, 9.17) is 4.74 Å². The van der Waals surface area contributed by atoms with Crippen molar-refractivity contribution >= 4 is 33.4 Å². The fourth-order valence-electron chi connectivity index (χ4n) is 4.22. The second kappa shape index (κ2) is 12.9. The second-order valence-corrected chi connectivity index (χ2v) is 11.7. The predicted molar refractivity (Wildman–Crippen MR) is 158 cm³/mol. The molecule has 0 heterocycles. The van der Waals surface area contributed by atoms with Crippen LogP contribution in [0.4, 0.5) is 5.69 Å². The van der Waals surface area contributed by atoms with Crippen LogP contribution in [0.15, 0.2) is 113 Å². The Hall–Kier alpha value is -3.75. The minimum Gasteiger partial charge on any atom is -0.492 e. The molecule has 6 nitrogen and oxygen atoms in total. The smallest absolute Gasteiger partial charge is 0.264 e. The van der Waals surface area contributed by atoms with Gasteiger partial charge < -0.3 is 10.1 Å². The Morgan fingerprint density at radius 2 is 1.49 bits per heavy atom. The molecule has 202 valence electrons. The molecule has 0 saturated carbocycles. The number of sulfonamides is 1. The van der Waals surface area contributed by atoms with Gasteiger partial charge in [0.05, 0.1) is 23.2 Å². The maximum atomic E-state index is 14.0. The molecule has 4 aromatic rings. The number of rotatable bonds is 11. The van der Waals surface area contributed by atoms with Crippen LogP contribution in [0.5, 0.6) is 5.75 Å². The van der Waals surface area contributed by atoms with Gasteiger partial charge in [0.15, 0.2) is 0 Å². The van der Waals surface area contributed by atoms with E-state index in [1.807, 2.05) is 74.7 Å². The monoisotopic (exact) mass is 560 g/mol. The van der Waals surface area contributed by atoms with Crippen LogP contribution in [0, 0.1) is 6.92 Å². The summed E-state index contributed by atoms with van der Waals surface area (Å²) in [5.74, 6) is -0.0599. The van der Waals surface area contributed by atoms with Crippen molar-refractivity contribution in [2.24, 2.45) is 0 Å². The molecule has 39 heavy (non-hydrogen) atoms. The maximum Gasteiger partial charge on any atom is 0.264 e. The third kappa shape index (κ3) is 6.82. The molecule has 0 fully saturated rings. The van der Waals surface area contributed by atoms with E-state index in [0.29, 0.717) is 18.0 Å². The third-order valence-corrected chi connectivity index (χ3v) is 8.73. The van der Waals surface area contributed by atoms with Gasteiger partial charge >= 0.3 is 0 Å². The van der Waals surface area contributed by atoms with Crippen molar-refractivity contribution in [2.45, 2.75) is 29.7 Å². The average Bonchev–Trinajstić information content (AvgIpc) is 2.96. The van der Waals surface area contributed by atoms with Gasteiger partial charge in [-0.05, 0) is 67.6 Å². The lowest BCUT2D eigenvalue weighted by atomic mass is 9.98. The van der Waals surface area contributed by atoms with Gasteiger partial charge in [-0.2, -0.15) is 0 Å². The molecular formula is C31H32N2O4S2. The summed E-state index contributed by atoms with van der Waals surface area (Å²) >= 11 is 1.52. The van der Waals surface area contributed by atoms with Crippen LogP contribution in [0.1, 0.15) is 29.7 Å². The highest BCUT2D eigenvalue weighted by Gasteiger charge is 2.30. The molecule has 1 N–H and O–H groups in total. The van der Waals surface area contributed by atoms with E-state index in [9.17, 15) is 13.2 Å². The minimum atomic E-state index is -4.10. The topological polar surface area (TPSA) is 75.7 Å². The summed E-state index contributed by atoms with van der Waals surface area (Å²) in [5, 5.41) is 3.07. The summed E-state index contributed by atoms with van der Waals surface area (Å²) in [6, 6.07) is 30.6. The molecule has 8 heteroatoms. The van der Waals surface area contributed by atoms with E-state index >= 15 is 0 Å². The zero-order chi connectivity index (χ0) is 27.8. The van der Waals surface area contributed by atoms with Crippen LogP contribution in [0.2, 0.25) is 0 Å². The zero-order valence-corrected chi connectivity index (χ0v) is 23.8. The van der Waals surface area contributed by atoms with Crippen molar-refractivity contribution in [3.05, 3.63) is 120 Å². The number of carbonyl (C=O) groups excluding carboxylic acids is 1. The van der Waals surface area contributed by atoms with Gasteiger partial charge in [-0.25, -0.2) is 8.42 Å². The Labute approximate surface area is 235 Å². The zero-order valence-electron chi connectivity index (χ0n) is 22.2. The van der Waals surface area contributed by atoms with Crippen LogP contribution in [-0.2, 0) is 14.8 Å². The number of hydrogen-bond donors (Lipinski definition) is 1. The van der Waals surface area contributed by atoms with Gasteiger partial charge in [0.2, 0.25) is 5.91 Å². The first kappa shape index (κ1) is 28.3. The Kier molecular flexibility index (Phi) is 9.32. The Morgan fingerprint density at radius 3 is 2.13 bits per heavy atom. The summed E-state index contributed by atoms with van der Waals surface area (Å²) in [4.78, 5) is 14.7. The van der Waals surface area contributed by atoms with Crippen LogP contribution in [0.3, 0.4) is 0 Å². The molecule has 0 unspecified atom stereocenters. The largest absolute Gasteiger partial charge is 0.492 e. The van der Waals surface area contributed by atoms with Gasteiger partial charge in [-0.3, -0.25) is 9.10 Å². The van der Waals surface area contributed by atoms with Gasteiger partial charge in [0, 0.05) is 4.90 Å². The molecular weight excluding hydrogens is 528 g/mol. The second-order valence-electron chi connectivity index (χ2n) is 8.91. The number of benzene rings is 4. The van der Waals surface area contributed by atoms with Gasteiger partial charge in [-0.1, -0.05) is 72.3 Å². The lowest BCUT2D eigenvalue weighted by Crippen LogP contribution is -2.42. The van der Waals surface area contributed by atoms with Gasteiger partial charge in [-0.15, -0.1) is 11.8 Å². The molecule has 0 aliphatic rings. The standard InChI is InChI=1S/C31H32N2O4S2/c1-4-37-29-13-9-8-12-28(29)33(39(35,36)27-20-18-26(38-3)19-21-27)22-30(34)32-31(24-10-6-5-7-11-24)25-16-14-23(2)15-17-25/h5-21,31H,4,22H2,1-3H3,(H,32,34)/t31-/m1/s1. The number of thioether (sulfide) groups is 1. The summed E-state index contributed by atoms with van der Waals surface area (Å²) < 4.78 is 34.8. The van der Waals surface area contributed by atoms with Gasteiger partial charge in [0.1, 0.15) is 12.3 Å². The number of ether oxygens (including phenoxy) is 1. The van der Waals surface area contributed by atoms with Gasteiger partial charge in [0.25, 0.3) is 10.0 Å². The molecule has 0 radical (unpaired) electrons. The predicted octanol–water partition coefficient (Wildman–Crippen LogP) is 6.22. The van der Waals surface area contributed by atoms with Crippen LogP contribution in [0.25, 0.3) is 0 Å². The molecule has 0 saturated heterocycles. The highest BCUT2D eigenvalue weighted by molar-refractivity contribution is 7.98. The normalized spacial score (nSPS) is 12.0. The van der Waals surface area contributed by atoms with E-state index < -0.39 is 28.5 Å². The first-order valence-electron chi connectivity index (χ1n) is 12.6. The van der Waals surface area contributed by atoms with Crippen LogP contribution in [-0.4, -0.2) is 33.7 Å². The Balaban J connectivity index is 1.72. The number of nitrogens with one attached hydrogen (secondary N) is 1. The molecule has 0 bridgehead atoms. The number of hydrogen-bond acceptors (Lipinski definition) is 5. The van der Waals surface area contributed by atoms with E-state index in [1.165, 1.54) is 11.8 Å². The SMILES string of the molecule is CCOc1ccccc1N(CC(=O)N[C@H](c1ccccc1)c1ccc(C)cc1)S(=O)(=O)c1ccc(SC)cc1. The fraction of sp³-hybridized carbons (Fsp3) is 0.194. The molecule has 0 aromatic heterocycles. The van der Waals surface area contributed by atoms with Crippen LogP contribution >= 0.6 is 11.8 Å². The van der Waals surface area contributed by atoms with Crippen molar-refractivity contribution < 1.29 is 17.9 Å². The lowest BCUT2D eigenvalue weighted by Gasteiger charge is -2.27. The molecule has 4 rings (SSSR count). The Morgan fingerprint density at radius 1 is 0.872 bits per heavy atom. The number of aryl methyl sites for hydroxylation is 1. The van der Waals surface area contributed by atoms with Crippen molar-refractivity contribution in [2.75, 3.05) is 23.7 Å². The van der Waals surface area contributed by atoms with E-state index in [1.54, 1.807) is 48.5 Å². The maximum absolute atomic E-state index is 14.0. The number of anilines is 1. The fourth-order valence-corrected chi connectivity index (χ4v) is 6.06. The van der Waals surface area contributed by atoms with Crippen molar-refractivity contribution in [3.63, 3.8) is 0 Å². The molecule has 0 aliphatic heterocycles. The minimum absolute atomic E-state index is 0.0949. The average molecular weight is 561 g/mol. The molecule has 1 atom stereocenters. The van der Waals surface area contributed by atoms with Crippen molar-refractivity contribution in [3.8, 4) is 5.75 Å². The van der Waals surface area contributed by atoms with E-state index in [2.05, 4.69) is 5.32 Å². The first-order chi connectivity index (χ1) is 18.8. The van der Waals surface area contributed by atoms with Crippen LogP contribution < -0.4 is 14.4 Å². The molecule has 0 spiro atoms. The highest BCUT2D eigenvalue weighted by atomic mass is 32.2.